The summed E-state index contributed by atoms with van der Waals surface area (Å²) in [5.41, 5.74) is -0.983. The van der Waals surface area contributed by atoms with E-state index >= 15 is 0 Å². The van der Waals surface area contributed by atoms with Crippen molar-refractivity contribution in [1.82, 2.24) is 0 Å². The van der Waals surface area contributed by atoms with E-state index in [1.807, 2.05) is 48.5 Å². The van der Waals surface area contributed by atoms with Crippen LogP contribution in [0.25, 0.3) is 0 Å². The molecule has 1 unspecified atom stereocenters. The van der Waals surface area contributed by atoms with Crippen LogP contribution in [0.15, 0.2) is 74.9 Å². The van der Waals surface area contributed by atoms with Crippen LogP contribution in [0.2, 0.25) is 0 Å². The Morgan fingerprint density at radius 2 is 1.60 bits per heavy atom. The third kappa shape index (κ3) is 5.93. The molecule has 0 aliphatic heterocycles. The molecule has 1 N–H and O–H groups in total. The predicted octanol–water partition coefficient (Wildman–Crippen LogP) is 4.00. The summed E-state index contributed by atoms with van der Waals surface area (Å²) in [5.74, 6) is 0. The van der Waals surface area contributed by atoms with Crippen molar-refractivity contribution in [2.75, 3.05) is 0 Å². The molecule has 134 valence electrons. The summed E-state index contributed by atoms with van der Waals surface area (Å²) < 4.78 is 15.4. The van der Waals surface area contributed by atoms with Crippen LogP contribution in [0.1, 0.15) is 40.0 Å². The maximum absolute atomic E-state index is 13.3. The van der Waals surface area contributed by atoms with Crippen molar-refractivity contribution in [3.8, 4) is 0 Å². The molecule has 2 nitrogen and oxygen atoms in total. The van der Waals surface area contributed by atoms with Crippen LogP contribution in [0.5, 0.6) is 0 Å². The molecule has 0 aliphatic rings. The molecule has 0 heterocycles. The number of benzene rings is 2. The van der Waals surface area contributed by atoms with E-state index in [1.165, 1.54) is 4.46 Å². The third-order valence-corrected chi connectivity index (χ3v) is 8.62. The summed E-state index contributed by atoms with van der Waals surface area (Å²) >= 11 is -0.0625. The van der Waals surface area contributed by atoms with E-state index in [9.17, 15) is 9.32 Å². The van der Waals surface area contributed by atoms with Crippen LogP contribution in [0, 0.1) is 0 Å². The quantitative estimate of drug-likeness (QED) is 0.655. The summed E-state index contributed by atoms with van der Waals surface area (Å²) in [4.78, 5) is 1.70. The van der Waals surface area contributed by atoms with Gasteiger partial charge < -0.3 is 0 Å². The summed E-state index contributed by atoms with van der Waals surface area (Å²) in [6.45, 7) is 5.75. The molecule has 25 heavy (non-hydrogen) atoms. The molecule has 2 aromatic carbocycles. The van der Waals surface area contributed by atoms with Crippen LogP contribution in [-0.2, 0) is 10.8 Å². The van der Waals surface area contributed by atoms with Crippen LogP contribution >= 0.6 is 0 Å². The van der Waals surface area contributed by atoms with Gasteiger partial charge in [-0.3, -0.25) is 0 Å². The second-order valence-corrected chi connectivity index (χ2v) is 10.2. The van der Waals surface area contributed by atoms with Gasteiger partial charge in [-0.05, 0) is 0 Å². The van der Waals surface area contributed by atoms with Gasteiger partial charge in [-0.25, -0.2) is 0 Å². The molecule has 0 fully saturated rings. The van der Waals surface area contributed by atoms with Gasteiger partial charge in [0.2, 0.25) is 0 Å². The van der Waals surface area contributed by atoms with E-state index < -0.39 is 16.4 Å². The Bertz CT molecular complexity index is 719. The predicted molar refractivity (Wildman–Crippen MR) is 108 cm³/mol. The first-order valence-corrected chi connectivity index (χ1v) is 11.5. The number of hydrogen-bond donors (Lipinski definition) is 1. The molecular formula is C21H26O2SSe. The van der Waals surface area contributed by atoms with E-state index in [4.69, 9.17) is 0 Å². The zero-order chi connectivity index (χ0) is 18.3. The molecule has 0 saturated carbocycles. The van der Waals surface area contributed by atoms with Gasteiger partial charge in [-0.1, -0.05) is 0 Å². The Morgan fingerprint density at radius 3 is 2.12 bits per heavy atom. The molecule has 0 aliphatic carbocycles. The summed E-state index contributed by atoms with van der Waals surface area (Å²) in [7, 11) is -1.24. The van der Waals surface area contributed by atoms with Crippen LogP contribution < -0.4 is 4.46 Å². The zero-order valence-corrected chi connectivity index (χ0v) is 17.6. The summed E-state index contributed by atoms with van der Waals surface area (Å²) in [5, 5.41) is 10.8. The molecule has 2 rings (SSSR count). The molecule has 0 radical (unpaired) electrons. The second-order valence-electron chi connectivity index (χ2n) is 6.41. The van der Waals surface area contributed by atoms with E-state index in [1.54, 1.807) is 13.8 Å². The first kappa shape index (κ1) is 20.1. The van der Waals surface area contributed by atoms with Crippen molar-refractivity contribution < 1.29 is 9.32 Å². The Balaban J connectivity index is 2.51. The minimum atomic E-state index is -1.24. The first-order valence-electron chi connectivity index (χ1n) is 8.59. The fraction of sp³-hybridized carbons (Fsp3) is 0.333. The molecular weight excluding hydrogens is 395 g/mol. The molecule has 0 amide bonds. The Morgan fingerprint density at radius 1 is 1.04 bits per heavy atom. The van der Waals surface area contributed by atoms with Gasteiger partial charge in [0.15, 0.2) is 0 Å². The molecule has 2 aromatic rings. The van der Waals surface area contributed by atoms with Gasteiger partial charge in [0.05, 0.1) is 0 Å². The average molecular weight is 421 g/mol. The molecule has 0 saturated heterocycles. The standard InChI is InChI=1S/C21H26O2SSe/c1-4-5-16-19(24(23)17-12-8-6-9-13-17)20(21(2,3)22)25-18-14-10-7-11-15-18/h6-15,22H,4-5,16H2,1-3H3/b20-19+. The molecule has 0 aromatic heterocycles. The Labute approximate surface area is 160 Å². The Hall–Kier alpha value is -1.19. The average Bonchev–Trinajstić information content (AvgIpc) is 2.61. The SMILES string of the molecule is CCCC/C(=C(\[Se]c1ccccc1)C(C)(C)O)S(=O)c1ccccc1. The fourth-order valence-electron chi connectivity index (χ4n) is 2.44. The van der Waals surface area contributed by atoms with E-state index in [0.29, 0.717) is 0 Å². The molecule has 4 heteroatoms. The third-order valence-electron chi connectivity index (χ3n) is 3.71. The van der Waals surface area contributed by atoms with Crippen molar-refractivity contribution in [2.45, 2.75) is 50.5 Å². The van der Waals surface area contributed by atoms with Crippen LogP contribution in [0.3, 0.4) is 0 Å². The van der Waals surface area contributed by atoms with E-state index in [-0.39, 0.29) is 15.0 Å². The van der Waals surface area contributed by atoms with Gasteiger partial charge in [0.1, 0.15) is 0 Å². The summed E-state index contributed by atoms with van der Waals surface area (Å²) in [6, 6.07) is 19.7. The van der Waals surface area contributed by atoms with E-state index in [2.05, 4.69) is 19.1 Å². The first-order chi connectivity index (χ1) is 11.9. The molecule has 0 bridgehead atoms. The summed E-state index contributed by atoms with van der Waals surface area (Å²) in [6.07, 6.45) is 2.76. The molecule has 0 spiro atoms. The monoisotopic (exact) mass is 422 g/mol. The normalized spacial score (nSPS) is 14.1. The van der Waals surface area contributed by atoms with Crippen molar-refractivity contribution >= 4 is 30.2 Å². The number of hydrogen-bond acceptors (Lipinski definition) is 2. The second kappa shape index (κ2) is 9.49. The van der Waals surface area contributed by atoms with Crippen molar-refractivity contribution in [2.24, 2.45) is 0 Å². The van der Waals surface area contributed by atoms with Gasteiger partial charge >= 0.3 is 160 Å². The van der Waals surface area contributed by atoms with Gasteiger partial charge in [0, 0.05) is 0 Å². The zero-order valence-electron chi connectivity index (χ0n) is 15.1. The molecule has 1 atom stereocenters. The van der Waals surface area contributed by atoms with E-state index in [0.717, 1.165) is 33.5 Å². The van der Waals surface area contributed by atoms with Crippen LogP contribution in [0.4, 0.5) is 0 Å². The minimum absolute atomic E-state index is 0.0625. The topological polar surface area (TPSA) is 37.3 Å². The van der Waals surface area contributed by atoms with Gasteiger partial charge in [0.25, 0.3) is 0 Å². The van der Waals surface area contributed by atoms with Gasteiger partial charge in [-0.2, -0.15) is 0 Å². The maximum atomic E-state index is 13.3. The number of allylic oxidation sites excluding steroid dienone is 1. The fourth-order valence-corrected chi connectivity index (χ4v) is 6.66. The van der Waals surface area contributed by atoms with Crippen molar-refractivity contribution in [1.29, 1.82) is 0 Å². The number of rotatable bonds is 8. The van der Waals surface area contributed by atoms with Crippen molar-refractivity contribution in [3.05, 3.63) is 70.0 Å². The van der Waals surface area contributed by atoms with Crippen molar-refractivity contribution in [3.63, 3.8) is 0 Å². The van der Waals surface area contributed by atoms with Crippen LogP contribution in [-0.4, -0.2) is 29.9 Å². The van der Waals surface area contributed by atoms with Gasteiger partial charge in [-0.15, -0.1) is 0 Å². The Kier molecular flexibility index (Phi) is 7.64. The number of aliphatic hydroxyl groups is 1. The number of unbranched alkanes of at least 4 members (excludes halogenated alkanes) is 1.